The SMILES string of the molecule is CC(C)C[C@H](SC(C)(C)C)C(=O)O. The highest BCUT2D eigenvalue weighted by Crippen LogP contribution is 2.31. The molecule has 1 atom stereocenters. The summed E-state index contributed by atoms with van der Waals surface area (Å²) in [5, 5.41) is 8.70. The Hall–Kier alpha value is -0.180. The molecule has 0 aromatic heterocycles. The van der Waals surface area contributed by atoms with Gasteiger partial charge in [0.25, 0.3) is 0 Å². The zero-order valence-electron chi connectivity index (χ0n) is 9.13. The summed E-state index contributed by atoms with van der Waals surface area (Å²) in [5.74, 6) is -0.246. The summed E-state index contributed by atoms with van der Waals surface area (Å²) in [7, 11) is 0. The minimum atomic E-state index is -0.686. The van der Waals surface area contributed by atoms with Gasteiger partial charge in [-0.15, -0.1) is 11.8 Å². The second-order valence-electron chi connectivity index (χ2n) is 4.69. The third-order valence-electron chi connectivity index (χ3n) is 1.46. The van der Waals surface area contributed by atoms with Crippen molar-refractivity contribution in [1.82, 2.24) is 0 Å². The summed E-state index contributed by atoms with van der Waals surface area (Å²) in [4.78, 5) is 10.9. The summed E-state index contributed by atoms with van der Waals surface area (Å²) in [6.45, 7) is 10.3. The summed E-state index contributed by atoms with van der Waals surface area (Å²) >= 11 is 1.54. The highest BCUT2D eigenvalue weighted by atomic mass is 32.2. The van der Waals surface area contributed by atoms with Crippen LogP contribution in [0, 0.1) is 5.92 Å². The zero-order valence-corrected chi connectivity index (χ0v) is 9.94. The lowest BCUT2D eigenvalue weighted by molar-refractivity contribution is -0.136. The van der Waals surface area contributed by atoms with Gasteiger partial charge in [0.2, 0.25) is 0 Å². The average Bonchev–Trinajstić information content (AvgIpc) is 1.81. The normalized spacial score (nSPS) is 14.6. The molecular formula is C10H20O2S. The quantitative estimate of drug-likeness (QED) is 0.765. The van der Waals surface area contributed by atoms with Gasteiger partial charge in [-0.2, -0.15) is 0 Å². The van der Waals surface area contributed by atoms with E-state index in [4.69, 9.17) is 5.11 Å². The monoisotopic (exact) mass is 204 g/mol. The van der Waals surface area contributed by atoms with E-state index in [-0.39, 0.29) is 10.00 Å². The molecule has 3 heteroatoms. The summed E-state index contributed by atoms with van der Waals surface area (Å²) in [5.41, 5.74) is 0. The Labute approximate surface area is 85.1 Å². The molecule has 0 aromatic rings. The van der Waals surface area contributed by atoms with E-state index in [1.54, 1.807) is 0 Å². The zero-order chi connectivity index (χ0) is 10.6. The largest absolute Gasteiger partial charge is 0.480 e. The Morgan fingerprint density at radius 2 is 1.85 bits per heavy atom. The topological polar surface area (TPSA) is 37.3 Å². The summed E-state index contributed by atoms with van der Waals surface area (Å²) in [6.07, 6.45) is 0.747. The van der Waals surface area contributed by atoms with Crippen LogP contribution in [0.2, 0.25) is 0 Å². The van der Waals surface area contributed by atoms with Gasteiger partial charge in [-0.1, -0.05) is 34.6 Å². The van der Waals surface area contributed by atoms with Gasteiger partial charge >= 0.3 is 5.97 Å². The molecule has 0 heterocycles. The van der Waals surface area contributed by atoms with Crippen LogP contribution in [-0.2, 0) is 4.79 Å². The average molecular weight is 204 g/mol. The van der Waals surface area contributed by atoms with E-state index >= 15 is 0 Å². The smallest absolute Gasteiger partial charge is 0.316 e. The van der Waals surface area contributed by atoms with Gasteiger partial charge in [0.05, 0.1) is 0 Å². The Morgan fingerprint density at radius 1 is 1.38 bits per heavy atom. The first-order valence-electron chi connectivity index (χ1n) is 4.63. The highest BCUT2D eigenvalue weighted by Gasteiger charge is 2.25. The first-order valence-corrected chi connectivity index (χ1v) is 5.51. The van der Waals surface area contributed by atoms with Gasteiger partial charge in [0, 0.05) is 4.75 Å². The Balaban J connectivity index is 4.19. The van der Waals surface area contributed by atoms with Crippen molar-refractivity contribution in [2.24, 2.45) is 5.92 Å². The van der Waals surface area contributed by atoms with Crippen LogP contribution in [0.1, 0.15) is 41.0 Å². The van der Waals surface area contributed by atoms with E-state index in [9.17, 15) is 4.79 Å². The van der Waals surface area contributed by atoms with E-state index in [2.05, 4.69) is 13.8 Å². The van der Waals surface area contributed by atoms with Crippen LogP contribution in [0.15, 0.2) is 0 Å². The molecule has 1 N–H and O–H groups in total. The predicted molar refractivity (Wildman–Crippen MR) is 58.2 cm³/mol. The molecule has 0 radical (unpaired) electrons. The third-order valence-corrected chi connectivity index (χ3v) is 2.84. The molecule has 78 valence electrons. The molecule has 0 bridgehead atoms. The maximum atomic E-state index is 10.9. The van der Waals surface area contributed by atoms with Gasteiger partial charge in [-0.05, 0) is 12.3 Å². The van der Waals surface area contributed by atoms with Crippen LogP contribution in [0.4, 0.5) is 0 Å². The van der Waals surface area contributed by atoms with Crippen LogP contribution in [0.5, 0.6) is 0 Å². The number of carboxylic acid groups (broad SMARTS) is 1. The van der Waals surface area contributed by atoms with Gasteiger partial charge < -0.3 is 5.11 Å². The van der Waals surface area contributed by atoms with Crippen molar-refractivity contribution in [3.05, 3.63) is 0 Å². The van der Waals surface area contributed by atoms with Crippen molar-refractivity contribution in [3.8, 4) is 0 Å². The van der Waals surface area contributed by atoms with E-state index in [0.29, 0.717) is 5.92 Å². The molecule has 13 heavy (non-hydrogen) atoms. The maximum absolute atomic E-state index is 10.9. The molecule has 0 amide bonds. The van der Waals surface area contributed by atoms with E-state index in [1.165, 1.54) is 11.8 Å². The number of hydrogen-bond acceptors (Lipinski definition) is 2. The van der Waals surface area contributed by atoms with Crippen LogP contribution in [-0.4, -0.2) is 21.1 Å². The van der Waals surface area contributed by atoms with Crippen molar-refractivity contribution in [3.63, 3.8) is 0 Å². The van der Waals surface area contributed by atoms with Gasteiger partial charge in [-0.3, -0.25) is 4.79 Å². The standard InChI is InChI=1S/C10H20O2S/c1-7(2)6-8(9(11)12)13-10(3,4)5/h7-8H,6H2,1-5H3,(H,11,12)/t8-/m0/s1. The summed E-state index contributed by atoms with van der Waals surface area (Å²) in [6, 6.07) is 0. The summed E-state index contributed by atoms with van der Waals surface area (Å²) < 4.78 is 0.0257. The van der Waals surface area contributed by atoms with Crippen molar-refractivity contribution >= 4 is 17.7 Å². The minimum absolute atomic E-state index is 0.0257. The fourth-order valence-electron chi connectivity index (χ4n) is 1.05. The van der Waals surface area contributed by atoms with Crippen molar-refractivity contribution in [2.45, 2.75) is 51.0 Å². The molecule has 0 rings (SSSR count). The number of carboxylic acids is 1. The lowest BCUT2D eigenvalue weighted by Crippen LogP contribution is -2.24. The molecule has 0 saturated carbocycles. The molecular weight excluding hydrogens is 184 g/mol. The molecule has 0 saturated heterocycles. The molecule has 2 nitrogen and oxygen atoms in total. The lowest BCUT2D eigenvalue weighted by atomic mass is 10.1. The Kier molecular flexibility index (Phi) is 4.82. The second-order valence-corrected chi connectivity index (χ2v) is 6.72. The van der Waals surface area contributed by atoms with Crippen molar-refractivity contribution in [2.75, 3.05) is 0 Å². The number of rotatable bonds is 4. The molecule has 0 aliphatic heterocycles. The van der Waals surface area contributed by atoms with Crippen molar-refractivity contribution in [1.29, 1.82) is 0 Å². The molecule has 0 aliphatic rings. The molecule has 0 spiro atoms. The number of carbonyl (C=O) groups is 1. The highest BCUT2D eigenvalue weighted by molar-refractivity contribution is 8.01. The van der Waals surface area contributed by atoms with Gasteiger partial charge in [0.15, 0.2) is 0 Å². The fourth-order valence-corrected chi connectivity index (χ4v) is 2.49. The second kappa shape index (κ2) is 4.89. The molecule has 0 aromatic carbocycles. The van der Waals surface area contributed by atoms with Gasteiger partial charge in [0.1, 0.15) is 5.25 Å². The Morgan fingerprint density at radius 3 is 2.08 bits per heavy atom. The van der Waals surface area contributed by atoms with Crippen LogP contribution in [0.25, 0.3) is 0 Å². The first kappa shape index (κ1) is 12.8. The van der Waals surface area contributed by atoms with Crippen LogP contribution in [0.3, 0.4) is 0 Å². The van der Waals surface area contributed by atoms with Crippen molar-refractivity contribution < 1.29 is 9.90 Å². The van der Waals surface area contributed by atoms with Gasteiger partial charge in [-0.25, -0.2) is 0 Å². The molecule has 0 aliphatic carbocycles. The van der Waals surface area contributed by atoms with E-state index < -0.39 is 5.97 Å². The maximum Gasteiger partial charge on any atom is 0.316 e. The fraction of sp³-hybridized carbons (Fsp3) is 0.900. The van der Waals surface area contributed by atoms with E-state index in [0.717, 1.165) is 6.42 Å². The third kappa shape index (κ3) is 6.94. The first-order chi connectivity index (χ1) is 5.72. The van der Waals surface area contributed by atoms with Crippen LogP contribution < -0.4 is 0 Å². The number of hydrogen-bond donors (Lipinski definition) is 1. The van der Waals surface area contributed by atoms with Crippen LogP contribution >= 0.6 is 11.8 Å². The predicted octanol–water partition coefficient (Wildman–Crippen LogP) is 3.02. The minimum Gasteiger partial charge on any atom is -0.480 e. The molecule has 0 unspecified atom stereocenters. The van der Waals surface area contributed by atoms with E-state index in [1.807, 2.05) is 20.8 Å². The lowest BCUT2D eigenvalue weighted by Gasteiger charge is -2.23. The molecule has 0 fully saturated rings. The number of aliphatic carboxylic acids is 1. The Bertz CT molecular complexity index is 170. The number of thioether (sulfide) groups is 1.